The van der Waals surface area contributed by atoms with Gasteiger partial charge in [0.2, 0.25) is 0 Å². The topological polar surface area (TPSA) is 63.6 Å². The van der Waals surface area contributed by atoms with Gasteiger partial charge in [0.1, 0.15) is 0 Å². The number of hydrogen-bond acceptors (Lipinski definition) is 3. The van der Waals surface area contributed by atoms with E-state index in [1.165, 1.54) is 4.31 Å². The van der Waals surface area contributed by atoms with Gasteiger partial charge in [-0.25, -0.2) is 4.31 Å². The maximum Gasteiger partial charge on any atom is 0.0568 e. The summed E-state index contributed by atoms with van der Waals surface area (Å²) in [6, 6.07) is 0. The fourth-order valence-corrected chi connectivity index (χ4v) is 1.18. The van der Waals surface area contributed by atoms with Gasteiger partial charge in [0.15, 0.2) is 0 Å². The second-order valence-corrected chi connectivity index (χ2v) is 2.82. The molecule has 0 aromatic rings. The molecular weight excluding hydrogens is 421 g/mol. The van der Waals surface area contributed by atoms with Crippen LogP contribution in [0.2, 0.25) is 0 Å². The summed E-state index contributed by atoms with van der Waals surface area (Å²) >= 11 is -2.18. The van der Waals surface area contributed by atoms with Crippen molar-refractivity contribution in [2.75, 3.05) is 19.7 Å². The summed E-state index contributed by atoms with van der Waals surface area (Å²) in [4.78, 5) is 0. The molecule has 0 heterocycles. The van der Waals surface area contributed by atoms with Crippen molar-refractivity contribution < 1.29 is 13.9 Å². The van der Waals surface area contributed by atoms with Crippen LogP contribution in [0.15, 0.2) is 0 Å². The van der Waals surface area contributed by atoms with E-state index in [0.29, 0.717) is 6.54 Å². The Bertz CT molecular complexity index is 108. The third kappa shape index (κ3) is 5.47. The van der Waals surface area contributed by atoms with Crippen LogP contribution in [0.1, 0.15) is 13.3 Å². The first-order valence-corrected chi connectivity index (χ1v) is 4.20. The summed E-state index contributed by atoms with van der Waals surface area (Å²) in [6.45, 7) is 2.45. The van der Waals surface area contributed by atoms with Gasteiger partial charge in [-0.05, 0) is 6.42 Å². The van der Waals surface area contributed by atoms with Gasteiger partial charge in [-0.3, -0.25) is 4.21 Å². The molecule has 0 saturated heterocycles. The van der Waals surface area contributed by atoms with Gasteiger partial charge in [-0.1, -0.05) is 6.92 Å². The Morgan fingerprint density at radius 2 is 2.09 bits per heavy atom. The molecule has 4 nitrogen and oxygen atoms in total. The van der Waals surface area contributed by atoms with Gasteiger partial charge in [0.25, 0.3) is 0 Å². The number of aliphatic hydroxyl groups is 1. The third-order valence-corrected chi connectivity index (χ3v) is 1.82. The maximum atomic E-state index is 10.3. The molecule has 0 aliphatic heterocycles. The number of hydrogen-bond donors (Lipinski definition) is 1. The Balaban J connectivity index is 0. The second kappa shape index (κ2) is 7.14. The molecule has 0 saturated carbocycles. The van der Waals surface area contributed by atoms with E-state index in [1.807, 2.05) is 6.92 Å². The molecule has 1 atom stereocenters. The fourth-order valence-electron chi connectivity index (χ4n) is 0.622. The SMILES string of the molecule is CCCN(CCO)S(=O)[O-].[Rf]. The van der Waals surface area contributed by atoms with Crippen LogP contribution in [0.3, 0.4) is 0 Å². The van der Waals surface area contributed by atoms with E-state index in [0.717, 1.165) is 6.42 Å². The Labute approximate surface area is 63.3 Å². The third-order valence-electron chi connectivity index (χ3n) is 1.03. The molecule has 0 aromatic carbocycles. The van der Waals surface area contributed by atoms with Gasteiger partial charge in [0, 0.05) is 24.4 Å². The Kier molecular flexibility index (Phi) is 8.23. The largest absolute Gasteiger partial charge is 0.760 e. The van der Waals surface area contributed by atoms with E-state index in [4.69, 9.17) is 5.11 Å². The quantitative estimate of drug-likeness (QED) is 0.595. The van der Waals surface area contributed by atoms with Crippen molar-refractivity contribution in [1.29, 1.82) is 0 Å². The molecular formula is C5H12NO3RfS-. The van der Waals surface area contributed by atoms with Gasteiger partial charge < -0.3 is 9.66 Å². The molecule has 1 N–H and O–H groups in total. The first-order valence-electron chi connectivity index (χ1n) is 3.17. The summed E-state index contributed by atoms with van der Waals surface area (Å²) in [5.41, 5.74) is 0. The summed E-state index contributed by atoms with van der Waals surface area (Å²) in [5.74, 6) is 0. The van der Waals surface area contributed by atoms with Crippen molar-refractivity contribution in [3.05, 3.63) is 0 Å². The summed E-state index contributed by atoms with van der Waals surface area (Å²) in [6.07, 6.45) is 0.772. The average molecular weight is 433 g/mol. The first-order chi connectivity index (χ1) is 4.72. The van der Waals surface area contributed by atoms with Crippen molar-refractivity contribution in [3.8, 4) is 0 Å². The van der Waals surface area contributed by atoms with Crippen LogP contribution < -0.4 is 0 Å². The van der Waals surface area contributed by atoms with Gasteiger partial charge in [0.05, 0.1) is 6.61 Å². The fraction of sp³-hybridized carbons (Fsp3) is 1.00. The van der Waals surface area contributed by atoms with Crippen LogP contribution in [0.5, 0.6) is 0 Å². The molecule has 1 unspecified atom stereocenters. The van der Waals surface area contributed by atoms with Crippen LogP contribution >= 0.6 is 0 Å². The zero-order valence-electron chi connectivity index (χ0n) is 6.65. The predicted octanol–water partition coefficient (Wildman–Crippen LogP) is -0.515. The van der Waals surface area contributed by atoms with E-state index >= 15 is 0 Å². The zero-order valence-corrected chi connectivity index (χ0v) is 13.9. The van der Waals surface area contributed by atoms with Crippen LogP contribution in [0.25, 0.3) is 0 Å². The van der Waals surface area contributed by atoms with Crippen molar-refractivity contribution in [2.45, 2.75) is 13.3 Å². The average Bonchev–Trinajstić information content (AvgIpc) is 1.87. The molecule has 11 heavy (non-hydrogen) atoms. The first kappa shape index (κ1) is 12.7. The van der Waals surface area contributed by atoms with Crippen LogP contribution in [0, 0.1) is 0 Å². The second-order valence-electron chi connectivity index (χ2n) is 1.87. The number of nitrogens with zero attached hydrogens (tertiary/aromatic N) is 1. The summed E-state index contributed by atoms with van der Waals surface area (Å²) in [7, 11) is 0. The maximum absolute atomic E-state index is 10.3. The standard InChI is InChI=1S/C5H13NO3S.Rf/c1-2-3-6(4-5-7)10(8)9;/h7H,2-5H2,1H3,(H,8,9);/p-1. The van der Waals surface area contributed by atoms with E-state index in [9.17, 15) is 8.76 Å². The molecule has 0 fully saturated rings. The number of aliphatic hydroxyl groups excluding tert-OH is 1. The van der Waals surface area contributed by atoms with Crippen LogP contribution in [-0.2, 0) is 11.3 Å². The molecule has 0 radical (unpaired) electrons. The number of rotatable bonds is 5. The van der Waals surface area contributed by atoms with E-state index in [-0.39, 0.29) is 13.2 Å². The molecule has 0 aliphatic rings. The Morgan fingerprint density at radius 1 is 1.55 bits per heavy atom. The van der Waals surface area contributed by atoms with E-state index < -0.39 is 11.3 Å². The van der Waals surface area contributed by atoms with Gasteiger partial charge >= 0.3 is 0 Å². The van der Waals surface area contributed by atoms with Crippen molar-refractivity contribution in [3.63, 3.8) is 0 Å². The minimum atomic E-state index is -2.18. The molecule has 0 amide bonds. The Morgan fingerprint density at radius 3 is 2.36 bits per heavy atom. The minimum absolute atomic E-state index is 0. The van der Waals surface area contributed by atoms with Gasteiger partial charge in [-0.15, -0.1) is 0 Å². The molecule has 0 aliphatic carbocycles. The molecule has 64 valence electrons. The Hall–Kier alpha value is -0.970. The van der Waals surface area contributed by atoms with Crippen molar-refractivity contribution in [2.24, 2.45) is 0 Å². The molecule has 0 bridgehead atoms. The molecule has 0 spiro atoms. The normalized spacial score (nSPS) is 12.7. The molecule has 6 heteroatoms. The molecule has 0 aromatic heterocycles. The van der Waals surface area contributed by atoms with E-state index in [1.54, 1.807) is 0 Å². The van der Waals surface area contributed by atoms with Gasteiger partial charge in [-0.2, -0.15) is 0 Å². The van der Waals surface area contributed by atoms with Crippen molar-refractivity contribution >= 4 is 11.3 Å². The smallest absolute Gasteiger partial charge is 0.0568 e. The van der Waals surface area contributed by atoms with Crippen LogP contribution in [-0.4, -0.2) is 37.9 Å². The minimum Gasteiger partial charge on any atom is -0.760 e. The van der Waals surface area contributed by atoms with E-state index in [2.05, 4.69) is 0 Å². The predicted molar refractivity (Wildman–Crippen MR) is 37.9 cm³/mol. The summed E-state index contributed by atoms with van der Waals surface area (Å²) < 4.78 is 21.8. The summed E-state index contributed by atoms with van der Waals surface area (Å²) in [5, 5.41) is 8.40. The zero-order chi connectivity index (χ0) is 7.98. The van der Waals surface area contributed by atoms with Crippen LogP contribution in [0.4, 0.5) is 0 Å². The molecule has 0 rings (SSSR count). The van der Waals surface area contributed by atoms with Crippen molar-refractivity contribution in [1.82, 2.24) is 4.31 Å². The monoisotopic (exact) mass is 433 g/mol.